The van der Waals surface area contributed by atoms with Crippen LogP contribution in [0.4, 0.5) is 0 Å². The van der Waals surface area contributed by atoms with Crippen LogP contribution in [0.3, 0.4) is 0 Å². The van der Waals surface area contributed by atoms with Gasteiger partial charge >= 0.3 is 5.97 Å². The zero-order chi connectivity index (χ0) is 16.2. The molecule has 1 fully saturated rings. The molecular formula is C16H17N3O3S. The van der Waals surface area contributed by atoms with Gasteiger partial charge < -0.3 is 10.4 Å². The van der Waals surface area contributed by atoms with E-state index in [2.05, 4.69) is 15.3 Å². The fourth-order valence-electron chi connectivity index (χ4n) is 2.59. The second-order valence-corrected chi connectivity index (χ2v) is 6.45. The molecule has 0 bridgehead atoms. The number of carboxylic acids is 1. The van der Waals surface area contributed by atoms with Crippen molar-refractivity contribution in [2.45, 2.75) is 19.3 Å². The number of pyridine rings is 1. The lowest BCUT2D eigenvalue weighted by Crippen LogP contribution is -2.44. The highest BCUT2D eigenvalue weighted by molar-refractivity contribution is 7.09. The highest BCUT2D eigenvalue weighted by atomic mass is 32.1. The van der Waals surface area contributed by atoms with Crippen LogP contribution in [0.2, 0.25) is 0 Å². The van der Waals surface area contributed by atoms with Gasteiger partial charge in [0.05, 0.1) is 28.2 Å². The van der Waals surface area contributed by atoms with Crippen molar-refractivity contribution in [1.29, 1.82) is 0 Å². The lowest BCUT2D eigenvalue weighted by atomic mass is 9.73. The van der Waals surface area contributed by atoms with Gasteiger partial charge in [-0.05, 0) is 25.0 Å². The third kappa shape index (κ3) is 3.56. The number of carbonyl (C=O) groups excluding carboxylic acids is 1. The van der Waals surface area contributed by atoms with Gasteiger partial charge in [0, 0.05) is 24.5 Å². The minimum atomic E-state index is -0.878. The quantitative estimate of drug-likeness (QED) is 0.844. The van der Waals surface area contributed by atoms with Crippen molar-refractivity contribution in [3.8, 4) is 11.4 Å². The average molecular weight is 331 g/mol. The zero-order valence-corrected chi connectivity index (χ0v) is 13.3. The van der Waals surface area contributed by atoms with Crippen molar-refractivity contribution in [3.63, 3.8) is 0 Å². The van der Waals surface area contributed by atoms with Crippen molar-refractivity contribution in [2.24, 2.45) is 11.8 Å². The maximum atomic E-state index is 12.0. The summed E-state index contributed by atoms with van der Waals surface area (Å²) in [5.74, 6) is -1.94. The molecule has 2 heterocycles. The van der Waals surface area contributed by atoms with Gasteiger partial charge in [-0.2, -0.15) is 0 Å². The van der Waals surface area contributed by atoms with Crippen LogP contribution in [0, 0.1) is 11.8 Å². The van der Waals surface area contributed by atoms with E-state index in [0.29, 0.717) is 25.8 Å². The van der Waals surface area contributed by atoms with E-state index < -0.39 is 11.9 Å². The summed E-state index contributed by atoms with van der Waals surface area (Å²) < 4.78 is 0. The SMILES string of the molecule is O=C(NCCc1nc(-c2ccccn2)cs1)[C@H]1CC[C@H]1C(=O)O. The summed E-state index contributed by atoms with van der Waals surface area (Å²) >= 11 is 1.53. The molecule has 2 atom stereocenters. The van der Waals surface area contributed by atoms with Crippen LogP contribution in [0.25, 0.3) is 11.4 Å². The third-order valence-corrected chi connectivity index (χ3v) is 4.95. The lowest BCUT2D eigenvalue weighted by molar-refractivity contribution is -0.152. The maximum absolute atomic E-state index is 12.0. The maximum Gasteiger partial charge on any atom is 0.307 e. The second-order valence-electron chi connectivity index (χ2n) is 5.51. The molecule has 1 amide bonds. The van der Waals surface area contributed by atoms with Crippen molar-refractivity contribution in [3.05, 3.63) is 34.8 Å². The average Bonchev–Trinajstić information content (AvgIpc) is 2.95. The number of thiazole rings is 1. The molecule has 0 aromatic carbocycles. The number of hydrogen-bond donors (Lipinski definition) is 2. The first-order chi connectivity index (χ1) is 11.1. The highest BCUT2D eigenvalue weighted by Crippen LogP contribution is 2.34. The van der Waals surface area contributed by atoms with E-state index in [1.807, 2.05) is 23.6 Å². The van der Waals surface area contributed by atoms with Crippen LogP contribution in [0.1, 0.15) is 17.8 Å². The van der Waals surface area contributed by atoms with Crippen molar-refractivity contribution >= 4 is 23.2 Å². The van der Waals surface area contributed by atoms with Gasteiger partial charge in [-0.15, -0.1) is 11.3 Å². The molecule has 120 valence electrons. The normalized spacial score (nSPS) is 19.8. The monoisotopic (exact) mass is 331 g/mol. The molecular weight excluding hydrogens is 314 g/mol. The number of aliphatic carboxylic acids is 1. The Bertz CT molecular complexity index is 702. The van der Waals surface area contributed by atoms with Crippen LogP contribution < -0.4 is 5.32 Å². The van der Waals surface area contributed by atoms with E-state index in [4.69, 9.17) is 5.11 Å². The molecule has 1 saturated carbocycles. The summed E-state index contributed by atoms with van der Waals surface area (Å²) in [4.78, 5) is 31.7. The van der Waals surface area contributed by atoms with Crippen molar-refractivity contribution < 1.29 is 14.7 Å². The first-order valence-electron chi connectivity index (χ1n) is 7.51. The molecule has 2 N–H and O–H groups in total. The second kappa shape index (κ2) is 6.87. The smallest absolute Gasteiger partial charge is 0.307 e. The largest absolute Gasteiger partial charge is 0.481 e. The Hall–Kier alpha value is -2.28. The Balaban J connectivity index is 1.49. The van der Waals surface area contributed by atoms with Gasteiger partial charge in [0.2, 0.25) is 5.91 Å². The zero-order valence-electron chi connectivity index (χ0n) is 12.4. The Labute approximate surface area is 137 Å². The van der Waals surface area contributed by atoms with Gasteiger partial charge in [-0.25, -0.2) is 4.98 Å². The lowest BCUT2D eigenvalue weighted by Gasteiger charge is -2.31. The van der Waals surface area contributed by atoms with Crippen LogP contribution in [0.5, 0.6) is 0 Å². The van der Waals surface area contributed by atoms with E-state index in [9.17, 15) is 9.59 Å². The van der Waals surface area contributed by atoms with Crippen molar-refractivity contribution in [1.82, 2.24) is 15.3 Å². The molecule has 1 aliphatic rings. The Morgan fingerprint density at radius 1 is 1.26 bits per heavy atom. The van der Waals surface area contributed by atoms with Crippen molar-refractivity contribution in [2.75, 3.05) is 6.54 Å². The van der Waals surface area contributed by atoms with Gasteiger partial charge in [0.15, 0.2) is 0 Å². The third-order valence-electron chi connectivity index (χ3n) is 4.05. The Morgan fingerprint density at radius 2 is 2.09 bits per heavy atom. The van der Waals surface area contributed by atoms with Crippen LogP contribution >= 0.6 is 11.3 Å². The molecule has 0 saturated heterocycles. The molecule has 2 aromatic rings. The van der Waals surface area contributed by atoms with Crippen LogP contribution in [-0.4, -0.2) is 33.5 Å². The minimum absolute atomic E-state index is 0.162. The predicted octanol–water partition coefficient (Wildman–Crippen LogP) is 1.97. The summed E-state index contributed by atoms with van der Waals surface area (Å²) in [5, 5.41) is 14.7. The van der Waals surface area contributed by atoms with E-state index in [1.54, 1.807) is 6.20 Å². The molecule has 2 aromatic heterocycles. The number of carboxylic acid groups (broad SMARTS) is 1. The van der Waals surface area contributed by atoms with E-state index in [1.165, 1.54) is 11.3 Å². The standard InChI is InChI=1S/C16H17N3O3S/c20-15(10-4-5-11(10)16(21)22)18-8-6-14-19-13(9-23-14)12-3-1-2-7-17-12/h1-3,7,9-11H,4-6,8H2,(H,18,20)(H,21,22)/t10-,11+/m0/s1. The van der Waals surface area contributed by atoms with Crippen LogP contribution in [0.15, 0.2) is 29.8 Å². The van der Waals surface area contributed by atoms with Crippen LogP contribution in [-0.2, 0) is 16.0 Å². The first-order valence-corrected chi connectivity index (χ1v) is 8.39. The van der Waals surface area contributed by atoms with E-state index in [0.717, 1.165) is 16.4 Å². The molecule has 0 aliphatic heterocycles. The number of aromatic nitrogens is 2. The summed E-state index contributed by atoms with van der Waals surface area (Å²) in [7, 11) is 0. The van der Waals surface area contributed by atoms with Gasteiger partial charge in [-0.3, -0.25) is 14.6 Å². The summed E-state index contributed by atoms with van der Waals surface area (Å²) in [6.45, 7) is 0.469. The Kier molecular flexibility index (Phi) is 4.66. The summed E-state index contributed by atoms with van der Waals surface area (Å²) in [6, 6.07) is 5.68. The number of rotatable bonds is 6. The number of nitrogens with zero attached hydrogens (tertiary/aromatic N) is 2. The minimum Gasteiger partial charge on any atom is -0.481 e. The van der Waals surface area contributed by atoms with Gasteiger partial charge in [-0.1, -0.05) is 6.07 Å². The molecule has 0 spiro atoms. The molecule has 3 rings (SSSR count). The topological polar surface area (TPSA) is 92.2 Å². The van der Waals surface area contributed by atoms with E-state index in [-0.39, 0.29) is 11.8 Å². The molecule has 0 unspecified atom stereocenters. The molecule has 23 heavy (non-hydrogen) atoms. The fourth-order valence-corrected chi connectivity index (χ4v) is 3.38. The summed E-state index contributed by atoms with van der Waals surface area (Å²) in [5.41, 5.74) is 1.67. The first kappa shape index (κ1) is 15.6. The predicted molar refractivity (Wildman–Crippen MR) is 85.9 cm³/mol. The number of carbonyl (C=O) groups is 2. The molecule has 6 nitrogen and oxygen atoms in total. The number of nitrogens with one attached hydrogen (secondary N) is 1. The molecule has 7 heteroatoms. The van der Waals surface area contributed by atoms with Gasteiger partial charge in [0.25, 0.3) is 0 Å². The molecule has 1 aliphatic carbocycles. The Morgan fingerprint density at radius 3 is 2.74 bits per heavy atom. The van der Waals surface area contributed by atoms with E-state index >= 15 is 0 Å². The summed E-state index contributed by atoms with van der Waals surface area (Å²) in [6.07, 6.45) is 3.61. The highest BCUT2D eigenvalue weighted by Gasteiger charge is 2.41. The number of amides is 1. The molecule has 0 radical (unpaired) electrons. The van der Waals surface area contributed by atoms with Gasteiger partial charge in [0.1, 0.15) is 0 Å². The fraction of sp³-hybridized carbons (Fsp3) is 0.375. The number of hydrogen-bond acceptors (Lipinski definition) is 5.